The largest absolute Gasteiger partial charge is 0.378 e. The molecule has 2 heterocycles. The third kappa shape index (κ3) is 2.10. The van der Waals surface area contributed by atoms with Crippen LogP contribution in [-0.4, -0.2) is 24.5 Å². The summed E-state index contributed by atoms with van der Waals surface area (Å²) in [6.45, 7) is 2.25. The van der Waals surface area contributed by atoms with Gasteiger partial charge in [0.15, 0.2) is 0 Å². The van der Waals surface area contributed by atoms with E-state index in [4.69, 9.17) is 10.5 Å². The first-order valence-electron chi connectivity index (χ1n) is 3.96. The fourth-order valence-electron chi connectivity index (χ4n) is 1.11. The molecule has 1 fully saturated rings. The monoisotopic (exact) mass is 279 g/mol. The van der Waals surface area contributed by atoms with Crippen molar-refractivity contribution in [3.63, 3.8) is 0 Å². The van der Waals surface area contributed by atoms with Crippen molar-refractivity contribution < 1.29 is 4.74 Å². The Morgan fingerprint density at radius 2 is 2.38 bits per heavy atom. The molecule has 1 saturated heterocycles. The molecule has 0 spiro atoms. The minimum Gasteiger partial charge on any atom is -0.378 e. The van der Waals surface area contributed by atoms with Crippen LogP contribution in [0, 0.1) is 0 Å². The third-order valence-electron chi connectivity index (χ3n) is 1.97. The van der Waals surface area contributed by atoms with Crippen molar-refractivity contribution in [2.45, 2.75) is 8.96 Å². The van der Waals surface area contributed by atoms with Crippen LogP contribution in [0.5, 0.6) is 0 Å². The van der Waals surface area contributed by atoms with Crippen LogP contribution >= 0.6 is 39.0 Å². The van der Waals surface area contributed by atoms with Gasteiger partial charge in [-0.2, -0.15) is 0 Å². The van der Waals surface area contributed by atoms with E-state index in [1.165, 1.54) is 8.00 Å². The van der Waals surface area contributed by atoms with Crippen molar-refractivity contribution in [3.8, 4) is 0 Å². The van der Waals surface area contributed by atoms with Crippen LogP contribution in [0.15, 0.2) is 20.1 Å². The van der Waals surface area contributed by atoms with E-state index in [0.29, 0.717) is 6.54 Å². The van der Waals surface area contributed by atoms with Gasteiger partial charge in [-0.25, -0.2) is 0 Å². The lowest BCUT2D eigenvalue weighted by Crippen LogP contribution is -2.52. The molecule has 0 aromatic carbocycles. The normalized spacial score (nSPS) is 19.8. The zero-order chi connectivity index (χ0) is 9.31. The van der Waals surface area contributed by atoms with Gasteiger partial charge in [0.25, 0.3) is 0 Å². The Morgan fingerprint density at radius 1 is 1.62 bits per heavy atom. The molecule has 0 amide bonds. The quantitative estimate of drug-likeness (QED) is 0.923. The number of rotatable bonds is 3. The van der Waals surface area contributed by atoms with Crippen molar-refractivity contribution in [1.29, 1.82) is 0 Å². The molecule has 0 aliphatic carbocycles. The molecule has 1 aliphatic rings. The molecule has 2 rings (SSSR count). The van der Waals surface area contributed by atoms with Crippen LogP contribution in [0.25, 0.3) is 0 Å². The fourth-order valence-corrected chi connectivity index (χ4v) is 4.45. The Labute approximate surface area is 94.0 Å². The molecule has 0 saturated carbocycles. The topological polar surface area (TPSA) is 35.2 Å². The van der Waals surface area contributed by atoms with Crippen molar-refractivity contribution in [2.24, 2.45) is 5.73 Å². The minimum absolute atomic E-state index is 0.143. The molecule has 0 atom stereocenters. The number of thioether (sulfide) groups is 1. The number of hydrogen-bond donors (Lipinski definition) is 1. The molecule has 0 radical (unpaired) electrons. The van der Waals surface area contributed by atoms with E-state index in [0.717, 1.165) is 13.2 Å². The van der Waals surface area contributed by atoms with Gasteiger partial charge in [0.2, 0.25) is 0 Å². The summed E-state index contributed by atoms with van der Waals surface area (Å²) in [4.78, 5) is 0. The molecular weight excluding hydrogens is 270 g/mol. The van der Waals surface area contributed by atoms with E-state index in [1.54, 1.807) is 11.3 Å². The summed E-state index contributed by atoms with van der Waals surface area (Å²) in [5.74, 6) is 0. The van der Waals surface area contributed by atoms with Crippen LogP contribution in [-0.2, 0) is 4.74 Å². The standard InChI is InChI=1S/C8H10BrNOS2/c9-6-1-2-7(12-6)13-8(3-10)4-11-5-8/h1-2H,3-5,10H2. The van der Waals surface area contributed by atoms with Gasteiger partial charge in [0, 0.05) is 6.54 Å². The van der Waals surface area contributed by atoms with Gasteiger partial charge in [-0.15, -0.1) is 23.1 Å². The van der Waals surface area contributed by atoms with Crippen molar-refractivity contribution in [2.75, 3.05) is 19.8 Å². The van der Waals surface area contributed by atoms with Crippen LogP contribution < -0.4 is 5.73 Å². The Hall–Kier alpha value is 0.450. The zero-order valence-corrected chi connectivity index (χ0v) is 10.2. The maximum absolute atomic E-state index is 5.72. The van der Waals surface area contributed by atoms with Crippen molar-refractivity contribution in [3.05, 3.63) is 15.9 Å². The summed E-state index contributed by atoms with van der Waals surface area (Å²) in [5, 5.41) is 0. The highest BCUT2D eigenvalue weighted by atomic mass is 79.9. The first-order valence-corrected chi connectivity index (χ1v) is 6.39. The van der Waals surface area contributed by atoms with Crippen molar-refractivity contribution >= 4 is 39.0 Å². The van der Waals surface area contributed by atoms with E-state index >= 15 is 0 Å². The number of nitrogens with two attached hydrogens (primary N) is 1. The predicted molar refractivity (Wildman–Crippen MR) is 60.5 cm³/mol. The van der Waals surface area contributed by atoms with E-state index in [-0.39, 0.29) is 4.75 Å². The lowest BCUT2D eigenvalue weighted by molar-refractivity contribution is -0.00428. The summed E-state index contributed by atoms with van der Waals surface area (Å²) < 4.78 is 7.82. The Balaban J connectivity index is 2.04. The predicted octanol–water partition coefficient (Wildman–Crippen LogP) is 2.33. The van der Waals surface area contributed by atoms with Gasteiger partial charge >= 0.3 is 0 Å². The molecule has 1 aromatic heterocycles. The first kappa shape index (κ1) is 9.98. The summed E-state index contributed by atoms with van der Waals surface area (Å²) in [6.07, 6.45) is 0. The van der Waals surface area contributed by atoms with Gasteiger partial charge in [-0.05, 0) is 28.1 Å². The average molecular weight is 280 g/mol. The second-order valence-corrected chi connectivity index (χ2v) is 7.27. The van der Waals surface area contributed by atoms with Crippen LogP contribution in [0.4, 0.5) is 0 Å². The number of halogens is 1. The highest BCUT2D eigenvalue weighted by Gasteiger charge is 2.38. The second kappa shape index (κ2) is 3.90. The number of hydrogen-bond acceptors (Lipinski definition) is 4. The first-order chi connectivity index (χ1) is 6.24. The maximum Gasteiger partial charge on any atom is 0.0802 e. The molecule has 0 bridgehead atoms. The van der Waals surface area contributed by atoms with E-state index < -0.39 is 0 Å². The molecule has 13 heavy (non-hydrogen) atoms. The van der Waals surface area contributed by atoms with Crippen molar-refractivity contribution in [1.82, 2.24) is 0 Å². The van der Waals surface area contributed by atoms with Gasteiger partial charge in [0.1, 0.15) is 0 Å². The molecule has 72 valence electrons. The number of ether oxygens (including phenoxy) is 1. The van der Waals surface area contributed by atoms with E-state index in [2.05, 4.69) is 28.1 Å². The highest BCUT2D eigenvalue weighted by molar-refractivity contribution is 9.11. The molecule has 1 aliphatic heterocycles. The summed E-state index contributed by atoms with van der Waals surface area (Å²) >= 11 is 7.03. The minimum atomic E-state index is 0.143. The molecule has 5 heteroatoms. The lowest BCUT2D eigenvalue weighted by Gasteiger charge is -2.39. The summed E-state index contributed by atoms with van der Waals surface area (Å²) in [5.41, 5.74) is 5.72. The van der Waals surface area contributed by atoms with Gasteiger partial charge in [-0.3, -0.25) is 0 Å². The molecule has 1 aromatic rings. The SMILES string of the molecule is NCC1(Sc2ccc(Br)s2)COC1. The summed E-state index contributed by atoms with van der Waals surface area (Å²) in [7, 11) is 0. The Bertz CT molecular complexity index is 293. The number of thiophene rings is 1. The van der Waals surface area contributed by atoms with Gasteiger partial charge in [-0.1, -0.05) is 0 Å². The van der Waals surface area contributed by atoms with E-state index in [1.807, 2.05) is 11.8 Å². The van der Waals surface area contributed by atoms with Crippen LogP contribution in [0.2, 0.25) is 0 Å². The van der Waals surface area contributed by atoms with Crippen LogP contribution in [0.3, 0.4) is 0 Å². The molecule has 2 N–H and O–H groups in total. The molecule has 2 nitrogen and oxygen atoms in total. The Kier molecular flexibility index (Phi) is 3.00. The molecule has 0 unspecified atom stereocenters. The smallest absolute Gasteiger partial charge is 0.0802 e. The maximum atomic E-state index is 5.72. The lowest BCUT2D eigenvalue weighted by atomic mass is 10.1. The van der Waals surface area contributed by atoms with E-state index in [9.17, 15) is 0 Å². The Morgan fingerprint density at radius 3 is 2.77 bits per heavy atom. The highest BCUT2D eigenvalue weighted by Crippen LogP contribution is 2.41. The third-order valence-corrected chi connectivity index (χ3v) is 5.06. The molecular formula is C8H10BrNOS2. The second-order valence-electron chi connectivity index (χ2n) is 3.04. The van der Waals surface area contributed by atoms with Crippen LogP contribution in [0.1, 0.15) is 0 Å². The average Bonchev–Trinajstić information content (AvgIpc) is 2.44. The van der Waals surface area contributed by atoms with Gasteiger partial charge < -0.3 is 10.5 Å². The fraction of sp³-hybridized carbons (Fsp3) is 0.500. The van der Waals surface area contributed by atoms with Gasteiger partial charge in [0.05, 0.1) is 26.0 Å². The zero-order valence-electron chi connectivity index (χ0n) is 6.96. The summed E-state index contributed by atoms with van der Waals surface area (Å²) in [6, 6.07) is 4.19.